The summed E-state index contributed by atoms with van der Waals surface area (Å²) in [4.78, 5) is 41.9. The quantitative estimate of drug-likeness (QED) is 0.439. The number of ether oxygens (including phenoxy) is 3. The van der Waals surface area contributed by atoms with Gasteiger partial charge < -0.3 is 18.6 Å². The highest BCUT2D eigenvalue weighted by molar-refractivity contribution is 6.03. The van der Waals surface area contributed by atoms with Gasteiger partial charge in [-0.3, -0.25) is 14.2 Å². The van der Waals surface area contributed by atoms with Gasteiger partial charge in [-0.15, -0.1) is 0 Å². The van der Waals surface area contributed by atoms with E-state index in [9.17, 15) is 14.4 Å². The van der Waals surface area contributed by atoms with Crippen molar-refractivity contribution < 1.29 is 28.2 Å². The molecular formula is C20H20N2O7. The number of methoxy groups -OCH3 is 2. The zero-order valence-corrected chi connectivity index (χ0v) is 16.5. The lowest BCUT2D eigenvalue weighted by Gasteiger charge is -2.10. The zero-order chi connectivity index (χ0) is 21.1. The van der Waals surface area contributed by atoms with Crippen molar-refractivity contribution in [2.45, 2.75) is 20.4 Å². The van der Waals surface area contributed by atoms with Gasteiger partial charge in [0.2, 0.25) is 5.71 Å². The molecule has 0 atom stereocenters. The first-order valence-electron chi connectivity index (χ1n) is 8.82. The van der Waals surface area contributed by atoms with Gasteiger partial charge in [-0.2, -0.15) is 0 Å². The fourth-order valence-corrected chi connectivity index (χ4v) is 2.95. The molecule has 0 bridgehead atoms. The Morgan fingerprint density at radius 3 is 2.55 bits per heavy atom. The van der Waals surface area contributed by atoms with E-state index >= 15 is 0 Å². The minimum atomic E-state index is -0.674. The average Bonchev–Trinajstić information content (AvgIpc) is 3.06. The number of esters is 1. The highest BCUT2D eigenvalue weighted by atomic mass is 16.5. The molecule has 9 heteroatoms. The summed E-state index contributed by atoms with van der Waals surface area (Å²) in [5.41, 5.74) is -0.190. The van der Waals surface area contributed by atoms with E-state index in [-0.39, 0.29) is 41.4 Å². The third kappa shape index (κ3) is 3.71. The van der Waals surface area contributed by atoms with E-state index in [1.165, 1.54) is 26.6 Å². The van der Waals surface area contributed by atoms with Crippen molar-refractivity contribution in [2.75, 3.05) is 20.8 Å². The molecule has 0 amide bonds. The predicted octanol–water partition coefficient (Wildman–Crippen LogP) is 2.37. The van der Waals surface area contributed by atoms with Crippen LogP contribution < -0.4 is 15.0 Å². The van der Waals surface area contributed by atoms with Gasteiger partial charge in [0.05, 0.1) is 27.4 Å². The van der Waals surface area contributed by atoms with Gasteiger partial charge in [0, 0.05) is 5.56 Å². The average molecular weight is 400 g/mol. The van der Waals surface area contributed by atoms with Crippen LogP contribution in [-0.4, -0.2) is 42.1 Å². The number of carbonyl (C=O) groups excluding carboxylic acids is 2. The maximum Gasteiger partial charge on any atom is 0.342 e. The number of hydrogen-bond donors (Lipinski definition) is 0. The van der Waals surface area contributed by atoms with Crippen molar-refractivity contribution in [2.24, 2.45) is 0 Å². The smallest absolute Gasteiger partial charge is 0.342 e. The maximum absolute atomic E-state index is 12.9. The van der Waals surface area contributed by atoms with E-state index < -0.39 is 11.5 Å². The number of aryl methyl sites for hydroxylation is 1. The number of rotatable bonds is 7. The topological polar surface area (TPSA) is 110 Å². The van der Waals surface area contributed by atoms with Crippen molar-refractivity contribution in [3.63, 3.8) is 0 Å². The summed E-state index contributed by atoms with van der Waals surface area (Å²) >= 11 is 0. The molecule has 0 aliphatic heterocycles. The van der Waals surface area contributed by atoms with Gasteiger partial charge in [-0.25, -0.2) is 9.78 Å². The number of benzene rings is 1. The third-order valence-corrected chi connectivity index (χ3v) is 4.35. The molecule has 29 heavy (non-hydrogen) atoms. The van der Waals surface area contributed by atoms with Gasteiger partial charge in [0.15, 0.2) is 17.3 Å². The number of hydrogen-bond acceptors (Lipinski definition) is 8. The Labute approximate surface area is 165 Å². The summed E-state index contributed by atoms with van der Waals surface area (Å²) in [5.74, 6) is 0.0947. The number of nitrogens with zero attached hydrogens (tertiary/aromatic N) is 2. The lowest BCUT2D eigenvalue weighted by atomic mass is 10.1. The Bertz CT molecular complexity index is 1140. The van der Waals surface area contributed by atoms with E-state index in [0.717, 1.165) is 4.57 Å². The monoisotopic (exact) mass is 400 g/mol. The minimum Gasteiger partial charge on any atom is -0.493 e. The highest BCUT2D eigenvalue weighted by Gasteiger charge is 2.24. The second-order valence-electron chi connectivity index (χ2n) is 6.10. The number of aromatic nitrogens is 2. The van der Waals surface area contributed by atoms with Gasteiger partial charge in [-0.1, -0.05) is 0 Å². The number of Topliss-reactive ketones (excluding diaryl/α,β-unsaturated/α-hetero) is 1. The first-order chi connectivity index (χ1) is 13.9. The molecule has 2 aromatic heterocycles. The first-order valence-corrected chi connectivity index (χ1v) is 8.82. The van der Waals surface area contributed by atoms with Crippen LogP contribution in [0.1, 0.15) is 33.4 Å². The largest absolute Gasteiger partial charge is 0.493 e. The predicted molar refractivity (Wildman–Crippen MR) is 103 cm³/mol. The summed E-state index contributed by atoms with van der Waals surface area (Å²) in [6.45, 7) is 3.08. The summed E-state index contributed by atoms with van der Waals surface area (Å²) in [6, 6.07) is 4.71. The second kappa shape index (κ2) is 8.17. The molecule has 0 fully saturated rings. The second-order valence-corrected chi connectivity index (χ2v) is 6.10. The molecule has 0 spiro atoms. The maximum atomic E-state index is 12.9. The van der Waals surface area contributed by atoms with E-state index in [0.29, 0.717) is 17.1 Å². The molecule has 0 aliphatic rings. The first kappa shape index (κ1) is 20.1. The molecule has 3 rings (SSSR count). The third-order valence-electron chi connectivity index (χ3n) is 4.35. The van der Waals surface area contributed by atoms with Crippen LogP contribution in [-0.2, 0) is 11.3 Å². The van der Waals surface area contributed by atoms with Gasteiger partial charge >= 0.3 is 5.97 Å². The number of furan rings is 1. The molecule has 1 aromatic carbocycles. The van der Waals surface area contributed by atoms with Crippen molar-refractivity contribution >= 4 is 22.9 Å². The molecule has 3 aromatic rings. The summed E-state index contributed by atoms with van der Waals surface area (Å²) in [7, 11) is 2.96. The minimum absolute atomic E-state index is 0.0106. The summed E-state index contributed by atoms with van der Waals surface area (Å²) in [6.07, 6.45) is 1.21. The van der Waals surface area contributed by atoms with Crippen LogP contribution in [0.3, 0.4) is 0 Å². The van der Waals surface area contributed by atoms with Crippen molar-refractivity contribution in [1.82, 2.24) is 9.55 Å². The Morgan fingerprint density at radius 1 is 1.17 bits per heavy atom. The van der Waals surface area contributed by atoms with Crippen LogP contribution in [0.5, 0.6) is 11.5 Å². The van der Waals surface area contributed by atoms with E-state index in [1.54, 1.807) is 26.0 Å². The zero-order valence-electron chi connectivity index (χ0n) is 16.5. The fourth-order valence-electron chi connectivity index (χ4n) is 2.95. The van der Waals surface area contributed by atoms with Crippen molar-refractivity contribution in [1.29, 1.82) is 0 Å². The molecule has 0 unspecified atom stereocenters. The van der Waals surface area contributed by atoms with Gasteiger partial charge in [0.25, 0.3) is 5.56 Å². The molecule has 0 N–H and O–H groups in total. The molecule has 0 saturated heterocycles. The fraction of sp³-hybridized carbons (Fsp3) is 0.300. The van der Waals surface area contributed by atoms with Crippen LogP contribution in [0, 0.1) is 6.92 Å². The Hall–Kier alpha value is -3.62. The van der Waals surface area contributed by atoms with Crippen LogP contribution in [0.2, 0.25) is 0 Å². The number of ketones is 1. The van der Waals surface area contributed by atoms with E-state index in [2.05, 4.69) is 4.98 Å². The lowest BCUT2D eigenvalue weighted by Crippen LogP contribution is -2.25. The molecular weight excluding hydrogens is 380 g/mol. The van der Waals surface area contributed by atoms with E-state index in [1.807, 2.05) is 0 Å². The Kier molecular flexibility index (Phi) is 5.67. The van der Waals surface area contributed by atoms with Gasteiger partial charge in [0.1, 0.15) is 23.0 Å². The summed E-state index contributed by atoms with van der Waals surface area (Å²) in [5, 5.41) is -0.0106. The number of fused-ring (bicyclic) bond motifs is 1. The van der Waals surface area contributed by atoms with Crippen LogP contribution in [0.25, 0.3) is 11.1 Å². The summed E-state index contributed by atoms with van der Waals surface area (Å²) < 4.78 is 21.9. The molecule has 2 heterocycles. The highest BCUT2D eigenvalue weighted by Crippen LogP contribution is 2.28. The van der Waals surface area contributed by atoms with Crippen molar-refractivity contribution in [3.05, 3.63) is 51.8 Å². The van der Waals surface area contributed by atoms with Crippen LogP contribution in [0.4, 0.5) is 0 Å². The van der Waals surface area contributed by atoms with Crippen LogP contribution >= 0.6 is 0 Å². The Balaban J connectivity index is 2.00. The van der Waals surface area contributed by atoms with Crippen molar-refractivity contribution in [3.8, 4) is 11.5 Å². The normalized spacial score (nSPS) is 10.8. The molecule has 0 saturated carbocycles. The van der Waals surface area contributed by atoms with Gasteiger partial charge in [-0.05, 0) is 32.0 Å². The molecule has 9 nitrogen and oxygen atoms in total. The van der Waals surface area contributed by atoms with Crippen LogP contribution in [0.15, 0.2) is 33.7 Å². The molecule has 0 radical (unpaired) electrons. The molecule has 0 aliphatic carbocycles. The number of carbonyl (C=O) groups is 2. The molecule has 152 valence electrons. The Morgan fingerprint density at radius 2 is 1.90 bits per heavy atom. The van der Waals surface area contributed by atoms with E-state index in [4.69, 9.17) is 18.6 Å². The SMILES string of the molecule is CCOC(=O)c1c(C)oc2ncn(CC(=O)c3ccc(OC)c(OC)c3)c(=O)c12. The standard InChI is InChI=1S/C20H20N2O7/c1-5-28-20(25)16-11(2)29-18-17(16)19(24)22(10-21-18)9-13(23)12-6-7-14(26-3)15(8-12)27-4/h6-8,10H,5,9H2,1-4H3. The lowest BCUT2D eigenvalue weighted by molar-refractivity contribution is 0.0526.